The van der Waals surface area contributed by atoms with E-state index in [4.69, 9.17) is 0 Å². The van der Waals surface area contributed by atoms with Gasteiger partial charge in [-0.2, -0.15) is 0 Å². The van der Waals surface area contributed by atoms with Crippen LogP contribution in [0.3, 0.4) is 0 Å². The molecule has 25 heavy (non-hydrogen) atoms. The van der Waals surface area contributed by atoms with Gasteiger partial charge in [-0.3, -0.25) is 14.6 Å². The molecule has 3 rings (SSSR count). The number of amides is 2. The molecule has 128 valence electrons. The summed E-state index contributed by atoms with van der Waals surface area (Å²) in [5, 5.41) is 2.60. The summed E-state index contributed by atoms with van der Waals surface area (Å²) in [4.78, 5) is 30.9. The molecule has 0 saturated carbocycles. The lowest BCUT2D eigenvalue weighted by molar-refractivity contribution is -0.131. The highest BCUT2D eigenvalue weighted by Crippen LogP contribution is 2.26. The summed E-state index contributed by atoms with van der Waals surface area (Å²) in [6.45, 7) is 3.38. The Morgan fingerprint density at radius 2 is 1.88 bits per heavy atom. The molecule has 2 aromatic carbocycles. The van der Waals surface area contributed by atoms with Crippen LogP contribution in [0.2, 0.25) is 0 Å². The van der Waals surface area contributed by atoms with Crippen molar-refractivity contribution in [3.63, 3.8) is 0 Å². The molecular weight excluding hydrogens is 321 g/mol. The molecule has 0 atom stereocenters. The van der Waals surface area contributed by atoms with E-state index in [1.165, 1.54) is 23.1 Å². The lowest BCUT2D eigenvalue weighted by Crippen LogP contribution is -2.46. The molecule has 0 radical (unpaired) electrons. The van der Waals surface area contributed by atoms with Crippen LogP contribution in [-0.2, 0) is 9.59 Å². The number of halogens is 1. The van der Waals surface area contributed by atoms with Crippen LogP contribution in [0, 0.1) is 5.82 Å². The Labute approximate surface area is 145 Å². The smallest absolute Gasteiger partial charge is 0.275 e. The molecule has 0 fully saturated rings. The predicted octanol–water partition coefficient (Wildman–Crippen LogP) is 2.83. The van der Waals surface area contributed by atoms with E-state index < -0.39 is 17.4 Å². The number of rotatable bonds is 4. The van der Waals surface area contributed by atoms with E-state index in [9.17, 15) is 14.0 Å². The second-order valence-corrected chi connectivity index (χ2v) is 6.27. The second-order valence-electron chi connectivity index (χ2n) is 6.27. The summed E-state index contributed by atoms with van der Waals surface area (Å²) in [6, 6.07) is 14.7. The zero-order valence-corrected chi connectivity index (χ0v) is 14.0. The third-order valence-corrected chi connectivity index (χ3v) is 3.95. The number of hydrogen-bond acceptors (Lipinski definition) is 3. The largest absolute Gasteiger partial charge is 0.324 e. The summed E-state index contributed by atoms with van der Waals surface area (Å²) < 4.78 is 13.2. The highest BCUT2D eigenvalue weighted by atomic mass is 19.1. The average molecular weight is 339 g/mol. The highest BCUT2D eigenvalue weighted by molar-refractivity contribution is 6.47. The first-order chi connectivity index (χ1) is 11.9. The first kappa shape index (κ1) is 16.8. The number of nitrogens with zero attached hydrogens (tertiary/aromatic N) is 2. The third kappa shape index (κ3) is 3.57. The van der Waals surface area contributed by atoms with Crippen molar-refractivity contribution in [3.05, 3.63) is 66.0 Å². The summed E-state index contributed by atoms with van der Waals surface area (Å²) in [6.07, 6.45) is 0. The topological polar surface area (TPSA) is 61.8 Å². The Bertz CT molecular complexity index is 847. The van der Waals surface area contributed by atoms with E-state index in [-0.39, 0.29) is 12.5 Å². The van der Waals surface area contributed by atoms with Crippen LogP contribution >= 0.6 is 0 Å². The van der Waals surface area contributed by atoms with Gasteiger partial charge in [-0.15, -0.1) is 0 Å². The van der Waals surface area contributed by atoms with Gasteiger partial charge in [-0.25, -0.2) is 4.39 Å². The first-order valence-corrected chi connectivity index (χ1v) is 7.89. The number of hydrogen-bond donors (Lipinski definition) is 1. The number of nitrogens with one attached hydrogen (secondary N) is 1. The zero-order valence-electron chi connectivity index (χ0n) is 14.0. The van der Waals surface area contributed by atoms with Crippen molar-refractivity contribution in [2.24, 2.45) is 4.99 Å². The maximum atomic E-state index is 13.2. The fourth-order valence-electron chi connectivity index (χ4n) is 2.72. The SMILES string of the molecule is CC1(C)N=C(c2ccccc2)C(=O)N1CC(=O)Nc1cccc(F)c1. The minimum Gasteiger partial charge on any atom is -0.324 e. The molecule has 2 amide bonds. The monoisotopic (exact) mass is 339 g/mol. The molecule has 0 saturated heterocycles. The number of anilines is 1. The van der Waals surface area contributed by atoms with Crippen molar-refractivity contribution < 1.29 is 14.0 Å². The Hall–Kier alpha value is -3.02. The van der Waals surface area contributed by atoms with E-state index in [1.807, 2.05) is 30.3 Å². The molecule has 1 aliphatic heterocycles. The van der Waals surface area contributed by atoms with Crippen molar-refractivity contribution >= 4 is 23.2 Å². The summed E-state index contributed by atoms with van der Waals surface area (Å²) in [7, 11) is 0. The lowest BCUT2D eigenvalue weighted by Gasteiger charge is -2.28. The van der Waals surface area contributed by atoms with Gasteiger partial charge < -0.3 is 10.2 Å². The minimum absolute atomic E-state index is 0.165. The van der Waals surface area contributed by atoms with Gasteiger partial charge >= 0.3 is 0 Å². The van der Waals surface area contributed by atoms with Gasteiger partial charge in [-0.1, -0.05) is 36.4 Å². The quantitative estimate of drug-likeness (QED) is 0.931. The summed E-state index contributed by atoms with van der Waals surface area (Å²) in [5.74, 6) is -1.15. The van der Waals surface area contributed by atoms with E-state index in [1.54, 1.807) is 19.9 Å². The standard InChI is InChI=1S/C19H18FN3O2/c1-19(2)22-17(13-7-4-3-5-8-13)18(25)23(19)12-16(24)21-15-10-6-9-14(20)11-15/h3-11H,12H2,1-2H3,(H,21,24). The van der Waals surface area contributed by atoms with Crippen molar-refractivity contribution in [2.75, 3.05) is 11.9 Å². The maximum Gasteiger partial charge on any atom is 0.275 e. The van der Waals surface area contributed by atoms with Gasteiger partial charge in [0.05, 0.1) is 0 Å². The molecule has 1 aliphatic rings. The van der Waals surface area contributed by atoms with Crippen molar-refractivity contribution in [1.29, 1.82) is 0 Å². The normalized spacial score (nSPS) is 15.9. The van der Waals surface area contributed by atoms with E-state index in [2.05, 4.69) is 10.3 Å². The molecule has 2 aromatic rings. The van der Waals surface area contributed by atoms with E-state index in [0.29, 0.717) is 17.0 Å². The number of carbonyl (C=O) groups excluding carboxylic acids is 2. The van der Waals surface area contributed by atoms with Crippen molar-refractivity contribution in [1.82, 2.24) is 4.90 Å². The maximum absolute atomic E-state index is 13.2. The Balaban J connectivity index is 1.75. The van der Waals surface area contributed by atoms with Crippen LogP contribution < -0.4 is 5.32 Å². The molecule has 0 aliphatic carbocycles. The fraction of sp³-hybridized carbons (Fsp3) is 0.211. The Kier molecular flexibility index (Phi) is 4.35. The molecule has 0 unspecified atom stereocenters. The number of carbonyl (C=O) groups is 2. The predicted molar refractivity (Wildman–Crippen MR) is 93.8 cm³/mol. The molecule has 1 N–H and O–H groups in total. The van der Waals surface area contributed by atoms with Crippen LogP contribution in [-0.4, -0.2) is 34.6 Å². The number of benzene rings is 2. The molecule has 1 heterocycles. The van der Waals surface area contributed by atoms with Crippen molar-refractivity contribution in [2.45, 2.75) is 19.5 Å². The van der Waals surface area contributed by atoms with Gasteiger partial charge in [0.25, 0.3) is 5.91 Å². The third-order valence-electron chi connectivity index (χ3n) is 3.95. The van der Waals surface area contributed by atoms with Gasteiger partial charge in [0, 0.05) is 11.3 Å². The zero-order chi connectivity index (χ0) is 18.0. The number of aliphatic imine (C=N–C) groups is 1. The fourth-order valence-corrected chi connectivity index (χ4v) is 2.72. The summed E-state index contributed by atoms with van der Waals surface area (Å²) >= 11 is 0. The Morgan fingerprint density at radius 1 is 1.16 bits per heavy atom. The van der Waals surface area contributed by atoms with E-state index >= 15 is 0 Å². The van der Waals surface area contributed by atoms with E-state index in [0.717, 1.165) is 0 Å². The lowest BCUT2D eigenvalue weighted by atomic mass is 10.1. The molecule has 0 spiro atoms. The molecule has 0 aromatic heterocycles. The average Bonchev–Trinajstić information content (AvgIpc) is 2.79. The van der Waals surface area contributed by atoms with Crippen molar-refractivity contribution in [3.8, 4) is 0 Å². The van der Waals surface area contributed by atoms with Crippen LogP contribution in [0.4, 0.5) is 10.1 Å². The second kappa shape index (κ2) is 6.47. The molecule has 0 bridgehead atoms. The molecule has 5 nitrogen and oxygen atoms in total. The minimum atomic E-state index is -0.832. The van der Waals surface area contributed by atoms with Gasteiger partial charge in [0.1, 0.15) is 23.7 Å². The summed E-state index contributed by atoms with van der Waals surface area (Å²) in [5.41, 5.74) is 0.568. The molecular formula is C19H18FN3O2. The van der Waals surface area contributed by atoms with Gasteiger partial charge in [0.15, 0.2) is 0 Å². The van der Waals surface area contributed by atoms with Gasteiger partial charge in [-0.05, 0) is 32.0 Å². The highest BCUT2D eigenvalue weighted by Gasteiger charge is 2.41. The molecule has 6 heteroatoms. The van der Waals surface area contributed by atoms with Crippen LogP contribution in [0.1, 0.15) is 19.4 Å². The van der Waals surface area contributed by atoms with Crippen LogP contribution in [0.5, 0.6) is 0 Å². The van der Waals surface area contributed by atoms with Crippen LogP contribution in [0.15, 0.2) is 59.6 Å². The Morgan fingerprint density at radius 3 is 2.56 bits per heavy atom. The first-order valence-electron chi connectivity index (χ1n) is 7.89. The van der Waals surface area contributed by atoms with Gasteiger partial charge in [0.2, 0.25) is 5.91 Å². The van der Waals surface area contributed by atoms with Crippen LogP contribution in [0.25, 0.3) is 0 Å².